The fraction of sp³-hybridized carbons (Fsp3) is 0. The molecule has 0 radical (unpaired) electrons. The number of hydrogen-bond acceptors (Lipinski definition) is 4. The molecule has 1 N–H and O–H groups in total. The first-order valence-electron chi connectivity index (χ1n) is 2.20. The summed E-state index contributed by atoms with van der Waals surface area (Å²) in [6.07, 6.45) is 2.47. The van der Waals surface area contributed by atoms with Crippen LogP contribution in [0.5, 0.6) is 5.88 Å². The first-order chi connectivity index (χ1) is 4.58. The molecule has 10 heavy (non-hydrogen) atoms. The SMILES string of the molecule is O=S(=O)(Cl)Oc1cnc[nH]1. The molecule has 0 aliphatic carbocycles. The van der Waals surface area contributed by atoms with Crippen molar-refractivity contribution in [2.75, 3.05) is 0 Å². The summed E-state index contributed by atoms with van der Waals surface area (Å²) >= 11 is 0. The van der Waals surface area contributed by atoms with Crippen LogP contribution in [0, 0.1) is 0 Å². The number of nitrogens with one attached hydrogen (secondary N) is 1. The summed E-state index contributed by atoms with van der Waals surface area (Å²) in [5, 5.41) is 0. The van der Waals surface area contributed by atoms with Crippen LogP contribution in [0.15, 0.2) is 12.5 Å². The number of H-pyrrole nitrogens is 1. The van der Waals surface area contributed by atoms with E-state index < -0.39 is 9.33 Å². The Morgan fingerprint density at radius 3 is 2.80 bits per heavy atom. The topological polar surface area (TPSA) is 72.1 Å². The number of imidazole rings is 1. The number of nitrogens with zero attached hydrogens (tertiary/aromatic N) is 1. The predicted octanol–water partition coefficient (Wildman–Crippen LogP) is 0.272. The summed E-state index contributed by atoms with van der Waals surface area (Å²) in [7, 11) is 0.781. The third-order valence-electron chi connectivity index (χ3n) is 0.662. The minimum Gasteiger partial charge on any atom is -0.350 e. The molecule has 7 heteroatoms. The zero-order chi connectivity index (χ0) is 7.61. The largest absolute Gasteiger partial charge is 0.402 e. The molecule has 0 amide bonds. The second-order valence-electron chi connectivity index (χ2n) is 1.39. The van der Waals surface area contributed by atoms with Gasteiger partial charge in [-0.2, -0.15) is 8.42 Å². The highest BCUT2D eigenvalue weighted by Crippen LogP contribution is 2.07. The normalized spacial score (nSPS) is 11.3. The van der Waals surface area contributed by atoms with Crippen LogP contribution < -0.4 is 4.18 Å². The molecule has 0 bridgehead atoms. The van der Waals surface area contributed by atoms with Crippen LogP contribution in [0.25, 0.3) is 0 Å². The Labute approximate surface area is 61.6 Å². The van der Waals surface area contributed by atoms with Crippen LogP contribution in [0.2, 0.25) is 0 Å². The second kappa shape index (κ2) is 2.47. The van der Waals surface area contributed by atoms with Crippen molar-refractivity contribution in [1.82, 2.24) is 9.97 Å². The molecule has 0 atom stereocenters. The molecular weight excluding hydrogens is 180 g/mol. The zero-order valence-electron chi connectivity index (χ0n) is 4.61. The highest BCUT2D eigenvalue weighted by atomic mass is 35.7. The number of hydrogen-bond donors (Lipinski definition) is 1. The van der Waals surface area contributed by atoms with E-state index in [1.165, 1.54) is 12.5 Å². The highest BCUT2D eigenvalue weighted by Gasteiger charge is 2.06. The Bertz CT molecular complexity index is 292. The van der Waals surface area contributed by atoms with E-state index in [2.05, 4.69) is 14.2 Å². The van der Waals surface area contributed by atoms with Gasteiger partial charge in [0.05, 0.1) is 23.2 Å². The first-order valence-corrected chi connectivity index (χ1v) is 4.44. The molecule has 0 saturated carbocycles. The molecule has 0 aromatic carbocycles. The van der Waals surface area contributed by atoms with Gasteiger partial charge in [-0.15, -0.1) is 0 Å². The van der Waals surface area contributed by atoms with E-state index in [-0.39, 0.29) is 5.88 Å². The quantitative estimate of drug-likeness (QED) is 0.667. The Balaban J connectivity index is 2.75. The molecule has 0 saturated heterocycles. The minimum atomic E-state index is -3.95. The van der Waals surface area contributed by atoms with E-state index in [0.717, 1.165) is 0 Å². The van der Waals surface area contributed by atoms with Crippen molar-refractivity contribution >= 4 is 20.0 Å². The minimum absolute atomic E-state index is 0.00463. The fourth-order valence-corrected chi connectivity index (χ4v) is 0.905. The molecule has 0 aliphatic heterocycles. The summed E-state index contributed by atoms with van der Waals surface area (Å²) in [6, 6.07) is 0. The van der Waals surface area contributed by atoms with Crippen molar-refractivity contribution in [3.63, 3.8) is 0 Å². The van der Waals surface area contributed by atoms with Gasteiger partial charge in [0, 0.05) is 0 Å². The number of halogens is 1. The van der Waals surface area contributed by atoms with Crippen LogP contribution in [-0.2, 0) is 9.33 Å². The standard InChI is InChI=1S/C3H3ClN2O3S/c4-10(7,8)9-3-1-5-2-6-3/h1-2H,(H,5,6). The second-order valence-corrected chi connectivity index (χ2v) is 3.48. The van der Waals surface area contributed by atoms with E-state index in [1.54, 1.807) is 0 Å². The van der Waals surface area contributed by atoms with Gasteiger partial charge in [0.2, 0.25) is 5.88 Å². The molecule has 0 spiro atoms. The lowest BCUT2D eigenvalue weighted by Gasteiger charge is -1.92. The molecule has 1 aromatic heterocycles. The lowest BCUT2D eigenvalue weighted by atomic mass is 10.9. The maximum absolute atomic E-state index is 10.2. The van der Waals surface area contributed by atoms with E-state index >= 15 is 0 Å². The molecule has 1 aromatic rings. The van der Waals surface area contributed by atoms with Gasteiger partial charge in [0.15, 0.2) is 0 Å². The number of aromatic nitrogens is 2. The van der Waals surface area contributed by atoms with E-state index in [4.69, 9.17) is 10.7 Å². The van der Waals surface area contributed by atoms with Gasteiger partial charge in [-0.25, -0.2) is 4.98 Å². The summed E-state index contributed by atoms with van der Waals surface area (Å²) in [5.74, 6) is -0.00463. The first kappa shape index (κ1) is 7.36. The molecule has 0 unspecified atom stereocenters. The average Bonchev–Trinajstić information content (AvgIpc) is 2.12. The van der Waals surface area contributed by atoms with E-state index in [0.29, 0.717) is 0 Å². The fourth-order valence-electron chi connectivity index (χ4n) is 0.396. The third kappa shape index (κ3) is 2.24. The smallest absolute Gasteiger partial charge is 0.350 e. The lowest BCUT2D eigenvalue weighted by molar-refractivity contribution is 0.494. The molecule has 1 rings (SSSR count). The molecule has 5 nitrogen and oxygen atoms in total. The van der Waals surface area contributed by atoms with Gasteiger partial charge in [0.25, 0.3) is 0 Å². The van der Waals surface area contributed by atoms with Gasteiger partial charge >= 0.3 is 9.33 Å². The predicted molar refractivity (Wildman–Crippen MR) is 34.0 cm³/mol. The highest BCUT2D eigenvalue weighted by molar-refractivity contribution is 8.10. The molecule has 0 fully saturated rings. The molecule has 56 valence electrons. The average molecular weight is 183 g/mol. The number of rotatable bonds is 2. The van der Waals surface area contributed by atoms with Crippen LogP contribution >= 0.6 is 10.7 Å². The number of aromatic amines is 1. The summed E-state index contributed by atoms with van der Waals surface area (Å²) in [4.78, 5) is 5.90. The maximum atomic E-state index is 10.2. The van der Waals surface area contributed by atoms with Crippen molar-refractivity contribution in [3.05, 3.63) is 12.5 Å². The molecule has 1 heterocycles. The van der Waals surface area contributed by atoms with Gasteiger partial charge < -0.3 is 9.17 Å². The monoisotopic (exact) mass is 182 g/mol. The summed E-state index contributed by atoms with van der Waals surface area (Å²) < 4.78 is 24.5. The third-order valence-corrected chi connectivity index (χ3v) is 1.23. The Hall–Kier alpha value is -0.750. The maximum Gasteiger partial charge on any atom is 0.402 e. The summed E-state index contributed by atoms with van der Waals surface area (Å²) in [6.45, 7) is 0. The molecular formula is C3H3ClN2O3S. The van der Waals surface area contributed by atoms with Crippen molar-refractivity contribution in [3.8, 4) is 5.88 Å². The van der Waals surface area contributed by atoms with Gasteiger partial charge in [0.1, 0.15) is 0 Å². The molecule has 0 aliphatic rings. The zero-order valence-corrected chi connectivity index (χ0v) is 6.19. The Morgan fingerprint density at radius 1 is 1.70 bits per heavy atom. The van der Waals surface area contributed by atoms with Crippen LogP contribution in [0.3, 0.4) is 0 Å². The van der Waals surface area contributed by atoms with Gasteiger partial charge in [-0.05, 0) is 0 Å². The van der Waals surface area contributed by atoms with E-state index in [9.17, 15) is 8.42 Å². The van der Waals surface area contributed by atoms with Crippen molar-refractivity contribution < 1.29 is 12.6 Å². The van der Waals surface area contributed by atoms with E-state index in [1.807, 2.05) is 0 Å². The van der Waals surface area contributed by atoms with Crippen LogP contribution in [0.4, 0.5) is 0 Å². The van der Waals surface area contributed by atoms with Gasteiger partial charge in [-0.1, -0.05) is 0 Å². The van der Waals surface area contributed by atoms with Gasteiger partial charge in [-0.3, -0.25) is 0 Å². The Morgan fingerprint density at radius 2 is 2.40 bits per heavy atom. The summed E-state index contributed by atoms with van der Waals surface area (Å²) in [5.41, 5.74) is 0. The van der Waals surface area contributed by atoms with Crippen molar-refractivity contribution in [1.29, 1.82) is 0 Å². The van der Waals surface area contributed by atoms with Crippen molar-refractivity contribution in [2.45, 2.75) is 0 Å². The van der Waals surface area contributed by atoms with Crippen LogP contribution in [-0.4, -0.2) is 18.4 Å². The lowest BCUT2D eigenvalue weighted by Crippen LogP contribution is -1.99. The van der Waals surface area contributed by atoms with Crippen LogP contribution in [0.1, 0.15) is 0 Å². The Kier molecular flexibility index (Phi) is 1.82. The van der Waals surface area contributed by atoms with Crippen molar-refractivity contribution in [2.24, 2.45) is 0 Å².